The van der Waals surface area contributed by atoms with E-state index >= 15 is 0 Å². The molecule has 0 aliphatic heterocycles. The standard InChI is InChI=1S/C14H15ClN2O2S/c1-10-6-7-12(15)8-14(10)20(18,19)17-13-5-3-2-4-11(13)9-16/h2-8,17H,9,16H2,1H3. The molecule has 0 heterocycles. The van der Waals surface area contributed by atoms with E-state index in [1.54, 1.807) is 37.3 Å². The number of anilines is 1. The van der Waals surface area contributed by atoms with Crippen molar-refractivity contribution in [3.63, 3.8) is 0 Å². The van der Waals surface area contributed by atoms with Crippen LogP contribution in [0.25, 0.3) is 0 Å². The number of nitrogens with one attached hydrogen (secondary N) is 1. The molecule has 106 valence electrons. The van der Waals surface area contributed by atoms with Crippen LogP contribution in [0.3, 0.4) is 0 Å². The second kappa shape index (κ2) is 5.83. The zero-order valence-electron chi connectivity index (χ0n) is 10.9. The van der Waals surface area contributed by atoms with E-state index in [-0.39, 0.29) is 11.4 Å². The van der Waals surface area contributed by atoms with E-state index in [1.165, 1.54) is 6.07 Å². The lowest BCUT2D eigenvalue weighted by atomic mass is 10.2. The van der Waals surface area contributed by atoms with Crippen LogP contribution in [0.2, 0.25) is 5.02 Å². The molecule has 20 heavy (non-hydrogen) atoms. The van der Waals surface area contributed by atoms with Crippen molar-refractivity contribution >= 4 is 27.3 Å². The molecule has 0 spiro atoms. The van der Waals surface area contributed by atoms with E-state index in [1.807, 2.05) is 6.07 Å². The van der Waals surface area contributed by atoms with Crippen molar-refractivity contribution in [3.05, 3.63) is 58.6 Å². The van der Waals surface area contributed by atoms with Crippen molar-refractivity contribution in [3.8, 4) is 0 Å². The van der Waals surface area contributed by atoms with Gasteiger partial charge in [0.1, 0.15) is 0 Å². The molecule has 2 aromatic rings. The predicted octanol–water partition coefficient (Wildman–Crippen LogP) is 2.91. The second-order valence-corrected chi connectivity index (χ2v) is 6.46. The fraction of sp³-hybridized carbons (Fsp3) is 0.143. The Bertz CT molecular complexity index is 730. The Morgan fingerprint density at radius 3 is 2.60 bits per heavy atom. The number of benzene rings is 2. The summed E-state index contributed by atoms with van der Waals surface area (Å²) in [7, 11) is -3.69. The van der Waals surface area contributed by atoms with Gasteiger partial charge < -0.3 is 5.73 Å². The second-order valence-electron chi connectivity index (χ2n) is 4.38. The molecular formula is C14H15ClN2O2S. The molecule has 0 saturated heterocycles. The Kier molecular flexibility index (Phi) is 4.32. The molecule has 0 radical (unpaired) electrons. The number of aryl methyl sites for hydroxylation is 1. The van der Waals surface area contributed by atoms with Gasteiger partial charge in [0.25, 0.3) is 10.0 Å². The number of sulfonamides is 1. The summed E-state index contributed by atoms with van der Waals surface area (Å²) in [4.78, 5) is 0.164. The Morgan fingerprint density at radius 1 is 1.20 bits per heavy atom. The summed E-state index contributed by atoms with van der Waals surface area (Å²) < 4.78 is 27.4. The van der Waals surface area contributed by atoms with E-state index in [2.05, 4.69) is 4.72 Å². The number of hydrogen-bond acceptors (Lipinski definition) is 3. The van der Waals surface area contributed by atoms with E-state index < -0.39 is 10.0 Å². The normalized spacial score (nSPS) is 11.3. The molecule has 3 N–H and O–H groups in total. The van der Waals surface area contributed by atoms with Gasteiger partial charge in [-0.3, -0.25) is 4.72 Å². The summed E-state index contributed by atoms with van der Waals surface area (Å²) in [5, 5.41) is 0.378. The summed E-state index contributed by atoms with van der Waals surface area (Å²) >= 11 is 5.87. The van der Waals surface area contributed by atoms with Crippen LogP contribution in [0, 0.1) is 6.92 Å². The first-order valence-electron chi connectivity index (χ1n) is 6.01. The molecule has 0 aliphatic rings. The number of hydrogen-bond donors (Lipinski definition) is 2. The van der Waals surface area contributed by atoms with Gasteiger partial charge in [-0.25, -0.2) is 8.42 Å². The summed E-state index contributed by atoms with van der Waals surface area (Å²) in [5.41, 5.74) is 7.45. The largest absolute Gasteiger partial charge is 0.326 e. The van der Waals surface area contributed by atoms with Crippen LogP contribution in [0.1, 0.15) is 11.1 Å². The highest BCUT2D eigenvalue weighted by atomic mass is 35.5. The van der Waals surface area contributed by atoms with Crippen LogP contribution in [0.15, 0.2) is 47.4 Å². The Hall–Kier alpha value is -1.56. The van der Waals surface area contributed by atoms with Crippen LogP contribution in [0.4, 0.5) is 5.69 Å². The molecule has 2 rings (SSSR count). The number of nitrogens with two attached hydrogens (primary N) is 1. The van der Waals surface area contributed by atoms with Crippen molar-refractivity contribution in [1.29, 1.82) is 0 Å². The van der Waals surface area contributed by atoms with Crippen molar-refractivity contribution in [2.45, 2.75) is 18.4 Å². The minimum Gasteiger partial charge on any atom is -0.326 e. The zero-order chi connectivity index (χ0) is 14.8. The zero-order valence-corrected chi connectivity index (χ0v) is 12.5. The average Bonchev–Trinajstić information content (AvgIpc) is 2.41. The van der Waals surface area contributed by atoms with Gasteiger partial charge in [-0.2, -0.15) is 0 Å². The molecule has 6 heteroatoms. The SMILES string of the molecule is Cc1ccc(Cl)cc1S(=O)(=O)Nc1ccccc1CN. The predicted molar refractivity (Wildman–Crippen MR) is 81.3 cm³/mol. The van der Waals surface area contributed by atoms with Gasteiger partial charge in [-0.15, -0.1) is 0 Å². The number of halogens is 1. The fourth-order valence-electron chi connectivity index (χ4n) is 1.86. The summed E-state index contributed by atoms with van der Waals surface area (Å²) in [6.07, 6.45) is 0. The third-order valence-corrected chi connectivity index (χ3v) is 4.66. The maximum absolute atomic E-state index is 12.4. The van der Waals surface area contributed by atoms with Gasteiger partial charge in [0, 0.05) is 11.6 Å². The molecule has 0 saturated carbocycles. The first kappa shape index (κ1) is 14.8. The van der Waals surface area contributed by atoms with Crippen LogP contribution in [0.5, 0.6) is 0 Å². The van der Waals surface area contributed by atoms with E-state index in [9.17, 15) is 8.42 Å². The van der Waals surface area contributed by atoms with Crippen molar-refractivity contribution in [2.75, 3.05) is 4.72 Å². The van der Waals surface area contributed by atoms with Gasteiger partial charge in [0.05, 0.1) is 10.6 Å². The smallest absolute Gasteiger partial charge is 0.262 e. The lowest BCUT2D eigenvalue weighted by Gasteiger charge is -2.13. The molecule has 4 nitrogen and oxygen atoms in total. The molecule has 0 aliphatic carbocycles. The number of rotatable bonds is 4. The third-order valence-electron chi connectivity index (χ3n) is 2.92. The summed E-state index contributed by atoms with van der Waals surface area (Å²) in [5.74, 6) is 0. The van der Waals surface area contributed by atoms with Gasteiger partial charge in [-0.05, 0) is 36.2 Å². The average molecular weight is 311 g/mol. The van der Waals surface area contributed by atoms with Gasteiger partial charge >= 0.3 is 0 Å². The van der Waals surface area contributed by atoms with E-state index in [0.717, 1.165) is 5.56 Å². The van der Waals surface area contributed by atoms with Crippen LogP contribution >= 0.6 is 11.6 Å². The minimum atomic E-state index is -3.69. The Morgan fingerprint density at radius 2 is 1.90 bits per heavy atom. The van der Waals surface area contributed by atoms with Gasteiger partial charge in [0.2, 0.25) is 0 Å². The van der Waals surface area contributed by atoms with Crippen LogP contribution in [-0.4, -0.2) is 8.42 Å². The molecule has 0 fully saturated rings. The van der Waals surface area contributed by atoms with Crippen molar-refractivity contribution in [2.24, 2.45) is 5.73 Å². The minimum absolute atomic E-state index is 0.164. The maximum atomic E-state index is 12.4. The van der Waals surface area contributed by atoms with E-state index in [4.69, 9.17) is 17.3 Å². The first-order valence-corrected chi connectivity index (χ1v) is 7.87. The Labute approximate surface area is 123 Å². The molecular weight excluding hydrogens is 296 g/mol. The monoisotopic (exact) mass is 310 g/mol. The fourth-order valence-corrected chi connectivity index (χ4v) is 3.47. The Balaban J connectivity index is 2.43. The van der Waals surface area contributed by atoms with Gasteiger partial charge in [0.15, 0.2) is 0 Å². The molecule has 0 aromatic heterocycles. The maximum Gasteiger partial charge on any atom is 0.262 e. The highest BCUT2D eigenvalue weighted by Gasteiger charge is 2.18. The van der Waals surface area contributed by atoms with Crippen molar-refractivity contribution in [1.82, 2.24) is 0 Å². The highest BCUT2D eigenvalue weighted by molar-refractivity contribution is 7.92. The highest BCUT2D eigenvalue weighted by Crippen LogP contribution is 2.24. The lowest BCUT2D eigenvalue weighted by Crippen LogP contribution is -2.16. The van der Waals surface area contributed by atoms with Gasteiger partial charge in [-0.1, -0.05) is 35.9 Å². The molecule has 2 aromatic carbocycles. The molecule has 0 bridgehead atoms. The van der Waals surface area contributed by atoms with Crippen LogP contribution in [-0.2, 0) is 16.6 Å². The summed E-state index contributed by atoms with van der Waals surface area (Å²) in [6.45, 7) is 1.98. The van der Waals surface area contributed by atoms with Crippen LogP contribution < -0.4 is 10.5 Å². The molecule has 0 unspecified atom stereocenters. The third kappa shape index (κ3) is 3.12. The summed E-state index contributed by atoms with van der Waals surface area (Å²) in [6, 6.07) is 11.8. The van der Waals surface area contributed by atoms with E-state index in [0.29, 0.717) is 16.3 Å². The first-order chi connectivity index (χ1) is 9.44. The molecule has 0 amide bonds. The lowest BCUT2D eigenvalue weighted by molar-refractivity contribution is 0.600. The quantitative estimate of drug-likeness (QED) is 0.912. The molecule has 0 atom stereocenters. The topological polar surface area (TPSA) is 72.2 Å². The number of para-hydroxylation sites is 1. The van der Waals surface area contributed by atoms with Crippen molar-refractivity contribution < 1.29 is 8.42 Å².